The number of hydrogen-bond donors (Lipinski definition) is 1. The molecule has 1 aliphatic heterocycles. The van der Waals surface area contributed by atoms with Crippen LogP contribution in [-0.4, -0.2) is 28.6 Å². The standard InChI is InChI=1S/C22H24ClNO3/c23-13-6-10-19(15-25)21-20-11-5-4-9-18(20)12-14-24(21)22(26)27-16-17-7-2-1-3-8-17/h1-5,7-9,11-12,14,19,21,25H,6,10,13,15-16H2/t19-,21+/m1/s1. The number of fused-ring (bicyclic) bond motifs is 1. The lowest BCUT2D eigenvalue weighted by molar-refractivity contribution is 0.0728. The SMILES string of the molecule is O=C(OCc1ccccc1)N1C=Cc2ccccc2[C@@H]1[C@@H](CO)CCCCl. The summed E-state index contributed by atoms with van der Waals surface area (Å²) in [5.74, 6) is 0.415. The van der Waals surface area contributed by atoms with Gasteiger partial charge in [0.25, 0.3) is 0 Å². The van der Waals surface area contributed by atoms with Crippen molar-refractivity contribution in [2.75, 3.05) is 12.5 Å². The van der Waals surface area contributed by atoms with Crippen LogP contribution in [0.15, 0.2) is 60.8 Å². The molecular weight excluding hydrogens is 362 g/mol. The van der Waals surface area contributed by atoms with Crippen molar-refractivity contribution in [3.8, 4) is 0 Å². The molecule has 1 heterocycles. The van der Waals surface area contributed by atoms with Crippen LogP contribution in [0.1, 0.15) is 35.6 Å². The number of halogens is 1. The minimum atomic E-state index is -0.418. The van der Waals surface area contributed by atoms with E-state index >= 15 is 0 Å². The van der Waals surface area contributed by atoms with E-state index in [2.05, 4.69) is 0 Å². The number of amides is 1. The van der Waals surface area contributed by atoms with Gasteiger partial charge in [0.05, 0.1) is 6.04 Å². The Hall–Kier alpha value is -2.30. The molecule has 0 aromatic heterocycles. The molecule has 0 spiro atoms. The van der Waals surface area contributed by atoms with Crippen LogP contribution in [0.2, 0.25) is 0 Å². The molecule has 0 saturated heterocycles. The Kier molecular flexibility index (Phi) is 6.91. The van der Waals surface area contributed by atoms with Crippen molar-refractivity contribution in [3.05, 3.63) is 77.5 Å². The molecule has 4 nitrogen and oxygen atoms in total. The molecule has 0 aliphatic carbocycles. The molecule has 3 rings (SSSR count). The van der Waals surface area contributed by atoms with Gasteiger partial charge in [0.2, 0.25) is 0 Å². The summed E-state index contributed by atoms with van der Waals surface area (Å²) in [6.45, 7) is 0.191. The molecule has 2 aromatic carbocycles. The largest absolute Gasteiger partial charge is 0.444 e. The lowest BCUT2D eigenvalue weighted by Crippen LogP contribution is -2.38. The Morgan fingerprint density at radius 1 is 1.15 bits per heavy atom. The van der Waals surface area contributed by atoms with Crippen LogP contribution in [0.25, 0.3) is 6.08 Å². The van der Waals surface area contributed by atoms with Crippen LogP contribution in [0.5, 0.6) is 0 Å². The molecule has 1 N–H and O–H groups in total. The number of aliphatic hydroxyl groups is 1. The first-order chi connectivity index (χ1) is 13.2. The number of rotatable bonds is 7. The van der Waals surface area contributed by atoms with Crippen molar-refractivity contribution in [2.24, 2.45) is 5.92 Å². The second kappa shape index (κ2) is 9.58. The highest BCUT2D eigenvalue weighted by Crippen LogP contribution is 2.38. The van der Waals surface area contributed by atoms with Gasteiger partial charge in [-0.15, -0.1) is 11.6 Å². The number of nitrogens with zero attached hydrogens (tertiary/aromatic N) is 1. The van der Waals surface area contributed by atoms with E-state index in [-0.39, 0.29) is 25.2 Å². The molecule has 1 aliphatic rings. The first-order valence-electron chi connectivity index (χ1n) is 9.17. The number of ether oxygens (including phenoxy) is 1. The predicted molar refractivity (Wildman–Crippen MR) is 107 cm³/mol. The van der Waals surface area contributed by atoms with Gasteiger partial charge >= 0.3 is 6.09 Å². The molecule has 2 aromatic rings. The third-order valence-electron chi connectivity index (χ3n) is 4.83. The topological polar surface area (TPSA) is 49.8 Å². The van der Waals surface area contributed by atoms with Gasteiger partial charge in [-0.2, -0.15) is 0 Å². The summed E-state index contributed by atoms with van der Waals surface area (Å²) in [4.78, 5) is 14.4. The van der Waals surface area contributed by atoms with E-state index in [9.17, 15) is 9.90 Å². The van der Waals surface area contributed by atoms with Crippen LogP contribution in [0, 0.1) is 5.92 Å². The Balaban J connectivity index is 1.82. The fourth-order valence-corrected chi connectivity index (χ4v) is 3.63. The maximum absolute atomic E-state index is 12.8. The number of carbonyl (C=O) groups is 1. The van der Waals surface area contributed by atoms with Gasteiger partial charge < -0.3 is 9.84 Å². The fourth-order valence-electron chi connectivity index (χ4n) is 3.47. The number of benzene rings is 2. The van der Waals surface area contributed by atoms with Crippen molar-refractivity contribution in [1.82, 2.24) is 4.90 Å². The van der Waals surface area contributed by atoms with Crippen molar-refractivity contribution in [1.29, 1.82) is 0 Å². The van der Waals surface area contributed by atoms with E-state index in [1.54, 1.807) is 11.1 Å². The fraction of sp³-hybridized carbons (Fsp3) is 0.318. The first kappa shape index (κ1) is 19.5. The van der Waals surface area contributed by atoms with Gasteiger partial charge in [0.1, 0.15) is 6.61 Å². The monoisotopic (exact) mass is 385 g/mol. The highest BCUT2D eigenvalue weighted by molar-refractivity contribution is 6.17. The smallest absolute Gasteiger partial charge is 0.414 e. The summed E-state index contributed by atoms with van der Waals surface area (Å²) < 4.78 is 5.54. The second-order valence-electron chi connectivity index (χ2n) is 6.61. The minimum Gasteiger partial charge on any atom is -0.444 e. The van der Waals surface area contributed by atoms with Gasteiger partial charge in [-0.3, -0.25) is 4.90 Å². The van der Waals surface area contributed by atoms with Crippen molar-refractivity contribution in [2.45, 2.75) is 25.5 Å². The van der Waals surface area contributed by atoms with Crippen LogP contribution < -0.4 is 0 Å². The Morgan fingerprint density at radius 3 is 2.63 bits per heavy atom. The summed E-state index contributed by atoms with van der Waals surface area (Å²) in [7, 11) is 0. The average Bonchev–Trinajstić information content (AvgIpc) is 2.73. The zero-order valence-electron chi connectivity index (χ0n) is 15.1. The zero-order valence-corrected chi connectivity index (χ0v) is 15.9. The molecule has 2 atom stereocenters. The number of hydrogen-bond acceptors (Lipinski definition) is 3. The van der Waals surface area contributed by atoms with Crippen LogP contribution in [-0.2, 0) is 11.3 Å². The number of alkyl halides is 1. The normalized spacial score (nSPS) is 16.7. The molecule has 0 fully saturated rings. The maximum atomic E-state index is 12.8. The minimum absolute atomic E-state index is 0.0216. The molecule has 1 amide bonds. The van der Waals surface area contributed by atoms with Crippen molar-refractivity contribution in [3.63, 3.8) is 0 Å². The third kappa shape index (κ3) is 4.71. The molecule has 0 saturated carbocycles. The summed E-state index contributed by atoms with van der Waals surface area (Å²) >= 11 is 5.86. The van der Waals surface area contributed by atoms with Crippen LogP contribution in [0.4, 0.5) is 4.79 Å². The summed E-state index contributed by atoms with van der Waals surface area (Å²) in [5, 5.41) is 9.99. The first-order valence-corrected chi connectivity index (χ1v) is 9.71. The van der Waals surface area contributed by atoms with E-state index < -0.39 is 6.09 Å². The zero-order chi connectivity index (χ0) is 19.1. The quantitative estimate of drug-likeness (QED) is 0.684. The maximum Gasteiger partial charge on any atom is 0.414 e. The van der Waals surface area contributed by atoms with E-state index in [1.807, 2.05) is 60.7 Å². The van der Waals surface area contributed by atoms with Crippen molar-refractivity contribution >= 4 is 23.8 Å². The predicted octanol–water partition coefficient (Wildman–Crippen LogP) is 4.98. The second-order valence-corrected chi connectivity index (χ2v) is 6.99. The Morgan fingerprint density at radius 2 is 1.89 bits per heavy atom. The summed E-state index contributed by atoms with van der Waals surface area (Å²) in [6, 6.07) is 17.3. The lowest BCUT2D eigenvalue weighted by atomic mass is 9.85. The molecule has 142 valence electrons. The van der Waals surface area contributed by atoms with Gasteiger partial charge in [0.15, 0.2) is 0 Å². The summed E-state index contributed by atoms with van der Waals surface area (Å²) in [6.07, 6.45) is 4.76. The summed E-state index contributed by atoms with van der Waals surface area (Å²) in [5.41, 5.74) is 3.01. The molecule has 27 heavy (non-hydrogen) atoms. The van der Waals surface area contributed by atoms with Gasteiger partial charge in [0, 0.05) is 24.6 Å². The van der Waals surface area contributed by atoms with Gasteiger partial charge in [-0.05, 0) is 35.6 Å². The van der Waals surface area contributed by atoms with Crippen LogP contribution >= 0.6 is 11.6 Å². The van der Waals surface area contributed by atoms with E-state index in [0.29, 0.717) is 5.88 Å². The Labute approximate surface area is 165 Å². The highest BCUT2D eigenvalue weighted by Gasteiger charge is 2.34. The molecule has 0 unspecified atom stereocenters. The highest BCUT2D eigenvalue weighted by atomic mass is 35.5. The van der Waals surface area contributed by atoms with Gasteiger partial charge in [-0.25, -0.2) is 4.79 Å². The van der Waals surface area contributed by atoms with Crippen LogP contribution in [0.3, 0.4) is 0 Å². The number of aliphatic hydroxyl groups excluding tert-OH is 1. The molecular formula is C22H24ClNO3. The van der Waals surface area contributed by atoms with E-state index in [4.69, 9.17) is 16.3 Å². The molecule has 0 bridgehead atoms. The third-order valence-corrected chi connectivity index (χ3v) is 5.10. The van der Waals surface area contributed by atoms with E-state index in [0.717, 1.165) is 29.5 Å². The molecule has 0 radical (unpaired) electrons. The molecule has 5 heteroatoms. The van der Waals surface area contributed by atoms with Crippen molar-refractivity contribution < 1.29 is 14.6 Å². The number of carbonyl (C=O) groups excluding carboxylic acids is 1. The average molecular weight is 386 g/mol. The Bertz CT molecular complexity index is 778. The van der Waals surface area contributed by atoms with E-state index in [1.165, 1.54) is 0 Å². The lowest BCUT2D eigenvalue weighted by Gasteiger charge is -2.37. The van der Waals surface area contributed by atoms with Gasteiger partial charge in [-0.1, -0.05) is 54.6 Å².